The maximum Gasteiger partial charge on any atom is 0.243 e. The van der Waals surface area contributed by atoms with Gasteiger partial charge < -0.3 is 14.2 Å². The van der Waals surface area contributed by atoms with E-state index < -0.39 is 21.1 Å². The van der Waals surface area contributed by atoms with Crippen molar-refractivity contribution in [3.8, 4) is 17.2 Å². The SMILES string of the molecule is COc1cccc(OC)c1-n1c(NS(=O)(=O)C(C)c2ccccc2F)nnc1[C@@H]1CCCO1. The lowest BCUT2D eigenvalue weighted by atomic mass is 10.1. The molecule has 0 saturated carbocycles. The fourth-order valence-corrected chi connectivity index (χ4v) is 4.90. The Balaban J connectivity index is 1.83. The summed E-state index contributed by atoms with van der Waals surface area (Å²) in [6, 6.07) is 10.9. The molecule has 0 amide bonds. The minimum atomic E-state index is -4.10. The minimum absolute atomic E-state index is 0.0466. The number of nitrogens with one attached hydrogen (secondary N) is 1. The minimum Gasteiger partial charge on any atom is -0.494 e. The van der Waals surface area contributed by atoms with E-state index in [1.165, 1.54) is 43.9 Å². The number of aromatic nitrogens is 3. The molecule has 0 aliphatic carbocycles. The molecule has 2 aromatic carbocycles. The van der Waals surface area contributed by atoms with Gasteiger partial charge >= 0.3 is 0 Å². The summed E-state index contributed by atoms with van der Waals surface area (Å²) in [5, 5.41) is 7.16. The molecule has 33 heavy (non-hydrogen) atoms. The van der Waals surface area contributed by atoms with Gasteiger partial charge in [0.05, 0.1) is 14.2 Å². The van der Waals surface area contributed by atoms with Crippen LogP contribution < -0.4 is 14.2 Å². The molecule has 3 aromatic rings. The zero-order chi connectivity index (χ0) is 23.6. The lowest BCUT2D eigenvalue weighted by Gasteiger charge is -2.20. The van der Waals surface area contributed by atoms with E-state index >= 15 is 0 Å². The predicted octanol–water partition coefficient (Wildman–Crippen LogP) is 3.78. The highest BCUT2D eigenvalue weighted by Crippen LogP contribution is 2.39. The van der Waals surface area contributed by atoms with Crippen LogP contribution in [0.1, 0.15) is 42.5 Å². The van der Waals surface area contributed by atoms with E-state index in [-0.39, 0.29) is 17.6 Å². The molecule has 9 nitrogen and oxygen atoms in total. The molecule has 2 atom stereocenters. The maximum atomic E-state index is 14.3. The Hall–Kier alpha value is -3.18. The number of rotatable bonds is 8. The van der Waals surface area contributed by atoms with Crippen molar-refractivity contribution in [2.24, 2.45) is 0 Å². The van der Waals surface area contributed by atoms with Crippen LogP contribution in [0, 0.1) is 5.82 Å². The van der Waals surface area contributed by atoms with E-state index in [4.69, 9.17) is 14.2 Å². The normalized spacial score (nSPS) is 17.0. The third kappa shape index (κ3) is 4.38. The monoisotopic (exact) mass is 476 g/mol. The molecular weight excluding hydrogens is 451 g/mol. The number of sulfonamides is 1. The Morgan fingerprint density at radius 2 is 1.82 bits per heavy atom. The zero-order valence-electron chi connectivity index (χ0n) is 18.5. The number of methoxy groups -OCH3 is 2. The van der Waals surface area contributed by atoms with Crippen molar-refractivity contribution in [3.63, 3.8) is 0 Å². The number of halogens is 1. The van der Waals surface area contributed by atoms with Crippen LogP contribution in [0.4, 0.5) is 10.3 Å². The van der Waals surface area contributed by atoms with Gasteiger partial charge in [0, 0.05) is 12.2 Å². The van der Waals surface area contributed by atoms with Crippen molar-refractivity contribution >= 4 is 16.0 Å². The van der Waals surface area contributed by atoms with E-state index in [0.717, 1.165) is 6.42 Å². The molecule has 0 bridgehead atoms. The number of hydrogen-bond acceptors (Lipinski definition) is 7. The summed E-state index contributed by atoms with van der Waals surface area (Å²) >= 11 is 0. The molecule has 1 aliphatic rings. The Bertz CT molecular complexity index is 1220. The van der Waals surface area contributed by atoms with Crippen molar-refractivity contribution in [1.82, 2.24) is 14.8 Å². The summed E-state index contributed by atoms with van der Waals surface area (Å²) in [4.78, 5) is 0. The van der Waals surface area contributed by atoms with Crippen molar-refractivity contribution in [1.29, 1.82) is 0 Å². The van der Waals surface area contributed by atoms with E-state index in [9.17, 15) is 12.8 Å². The molecule has 4 rings (SSSR count). The summed E-state index contributed by atoms with van der Waals surface area (Å²) in [6.07, 6.45) is 1.16. The van der Waals surface area contributed by atoms with Gasteiger partial charge in [0.1, 0.15) is 34.4 Å². The molecule has 1 saturated heterocycles. The second-order valence-electron chi connectivity index (χ2n) is 7.54. The van der Waals surface area contributed by atoms with Gasteiger partial charge in [-0.2, -0.15) is 0 Å². The first-order valence-corrected chi connectivity index (χ1v) is 12.0. The van der Waals surface area contributed by atoms with Crippen molar-refractivity contribution in [2.75, 3.05) is 25.5 Å². The molecule has 1 aliphatic heterocycles. The fourth-order valence-electron chi connectivity index (χ4n) is 3.81. The molecule has 11 heteroatoms. The number of benzene rings is 2. The quantitative estimate of drug-likeness (QED) is 0.528. The Kier molecular flexibility index (Phi) is 6.52. The number of anilines is 1. The first kappa shape index (κ1) is 23.0. The molecule has 176 valence electrons. The van der Waals surface area contributed by atoms with Crippen LogP contribution in [-0.2, 0) is 14.8 Å². The van der Waals surface area contributed by atoms with Crippen LogP contribution in [0.3, 0.4) is 0 Å². The van der Waals surface area contributed by atoms with Crippen molar-refractivity contribution in [2.45, 2.75) is 31.1 Å². The van der Waals surface area contributed by atoms with Crippen LogP contribution in [0.5, 0.6) is 11.5 Å². The van der Waals surface area contributed by atoms with Gasteiger partial charge in [0.25, 0.3) is 0 Å². The third-order valence-corrected chi connectivity index (χ3v) is 7.23. The van der Waals surface area contributed by atoms with Crippen LogP contribution >= 0.6 is 0 Å². The highest BCUT2D eigenvalue weighted by atomic mass is 32.2. The summed E-state index contributed by atoms with van der Waals surface area (Å²) in [5.74, 6) is 0.577. The Labute approximate surface area is 191 Å². The average molecular weight is 477 g/mol. The lowest BCUT2D eigenvalue weighted by molar-refractivity contribution is 0.103. The molecule has 1 unspecified atom stereocenters. The fraction of sp³-hybridized carbons (Fsp3) is 0.364. The molecule has 2 heterocycles. The molecular formula is C22H25FN4O5S. The molecule has 1 fully saturated rings. The smallest absolute Gasteiger partial charge is 0.243 e. The number of nitrogens with zero attached hydrogens (tertiary/aromatic N) is 3. The van der Waals surface area contributed by atoms with Gasteiger partial charge in [-0.25, -0.2) is 12.8 Å². The van der Waals surface area contributed by atoms with E-state index in [0.29, 0.717) is 36.0 Å². The first-order chi connectivity index (χ1) is 15.9. The van der Waals surface area contributed by atoms with Gasteiger partial charge in [0.15, 0.2) is 5.82 Å². The van der Waals surface area contributed by atoms with Crippen LogP contribution in [0.15, 0.2) is 42.5 Å². The second kappa shape index (κ2) is 9.36. The van der Waals surface area contributed by atoms with Gasteiger partial charge in [-0.15, -0.1) is 10.2 Å². The lowest BCUT2D eigenvalue weighted by Crippen LogP contribution is -2.23. The molecule has 1 aromatic heterocycles. The summed E-state index contributed by atoms with van der Waals surface area (Å²) in [6.45, 7) is 1.97. The Morgan fingerprint density at radius 3 is 2.42 bits per heavy atom. The van der Waals surface area contributed by atoms with Crippen LogP contribution in [-0.4, -0.2) is 44.0 Å². The van der Waals surface area contributed by atoms with Gasteiger partial charge in [0.2, 0.25) is 16.0 Å². The van der Waals surface area contributed by atoms with E-state index in [1.807, 2.05) is 0 Å². The standard InChI is InChI=1S/C22H25FN4O5S/c1-14(15-8-4-5-9-16(15)23)33(28,29)26-22-25-24-21(19-12-7-13-32-19)27(22)20-17(30-2)10-6-11-18(20)31-3/h4-6,8-11,14,19H,7,12-13H2,1-3H3,(H,25,26)/t14?,19-/m0/s1. The number of para-hydroxylation sites is 1. The largest absolute Gasteiger partial charge is 0.494 e. The van der Waals surface area contributed by atoms with Gasteiger partial charge in [-0.1, -0.05) is 24.3 Å². The van der Waals surface area contributed by atoms with E-state index in [1.54, 1.807) is 24.3 Å². The van der Waals surface area contributed by atoms with Crippen molar-refractivity contribution < 1.29 is 27.0 Å². The predicted molar refractivity (Wildman–Crippen MR) is 120 cm³/mol. The third-order valence-electron chi connectivity index (χ3n) is 5.57. The average Bonchev–Trinajstić information content (AvgIpc) is 3.48. The first-order valence-electron chi connectivity index (χ1n) is 10.4. The van der Waals surface area contributed by atoms with Gasteiger partial charge in [-0.05, 0) is 38.0 Å². The Morgan fingerprint density at radius 1 is 1.12 bits per heavy atom. The summed E-state index contributed by atoms with van der Waals surface area (Å²) in [5.41, 5.74) is 0.472. The van der Waals surface area contributed by atoms with E-state index in [2.05, 4.69) is 14.9 Å². The van der Waals surface area contributed by atoms with Crippen LogP contribution in [0.2, 0.25) is 0 Å². The summed E-state index contributed by atoms with van der Waals surface area (Å²) < 4.78 is 61.6. The molecule has 0 radical (unpaired) electrons. The number of ether oxygens (including phenoxy) is 3. The van der Waals surface area contributed by atoms with Crippen LogP contribution in [0.25, 0.3) is 5.69 Å². The highest BCUT2D eigenvalue weighted by molar-refractivity contribution is 7.92. The second-order valence-corrected chi connectivity index (χ2v) is 9.54. The topological polar surface area (TPSA) is 105 Å². The maximum absolute atomic E-state index is 14.3. The highest BCUT2D eigenvalue weighted by Gasteiger charge is 2.32. The molecule has 0 spiro atoms. The molecule has 1 N–H and O–H groups in total. The number of hydrogen-bond donors (Lipinski definition) is 1. The summed E-state index contributed by atoms with van der Waals surface area (Å²) in [7, 11) is -1.11. The van der Waals surface area contributed by atoms with Crippen molar-refractivity contribution in [3.05, 3.63) is 59.7 Å². The zero-order valence-corrected chi connectivity index (χ0v) is 19.3. The van der Waals surface area contributed by atoms with Gasteiger partial charge in [-0.3, -0.25) is 9.29 Å².